The molecule has 0 saturated heterocycles. The molecule has 0 bridgehead atoms. The molecule has 6 heteroatoms. The van der Waals surface area contributed by atoms with E-state index in [0.717, 1.165) is 5.69 Å². The predicted octanol–water partition coefficient (Wildman–Crippen LogP) is 4.02. The van der Waals surface area contributed by atoms with Gasteiger partial charge in [0.1, 0.15) is 0 Å². The van der Waals surface area contributed by atoms with Gasteiger partial charge < -0.3 is 14.6 Å². The average Bonchev–Trinajstić information content (AvgIpc) is 3.36. The highest BCUT2D eigenvalue weighted by molar-refractivity contribution is 6.08. The number of anilines is 1. The first-order chi connectivity index (χ1) is 14.6. The quantitative estimate of drug-likeness (QED) is 0.499. The molecule has 1 amide bonds. The van der Waals surface area contributed by atoms with Gasteiger partial charge in [-0.15, -0.1) is 0 Å². The fraction of sp³-hybridized carbons (Fsp3) is 0.208. The predicted molar refractivity (Wildman–Crippen MR) is 113 cm³/mol. The number of rotatable bonds is 6. The Morgan fingerprint density at radius 2 is 1.73 bits per heavy atom. The van der Waals surface area contributed by atoms with E-state index in [-0.39, 0.29) is 18.3 Å². The summed E-state index contributed by atoms with van der Waals surface area (Å²) in [6.07, 6.45) is 0.596. The van der Waals surface area contributed by atoms with Crippen LogP contribution in [0.25, 0.3) is 0 Å². The lowest BCUT2D eigenvalue weighted by molar-refractivity contribution is -0.117. The summed E-state index contributed by atoms with van der Waals surface area (Å²) in [4.78, 5) is 38.0. The number of ether oxygens (including phenoxy) is 1. The van der Waals surface area contributed by atoms with Crippen molar-refractivity contribution >= 4 is 23.3 Å². The smallest absolute Gasteiger partial charge is 0.340 e. The maximum absolute atomic E-state index is 13.0. The number of carbonyl (C=O) groups excluding carboxylic acids is 3. The Morgan fingerprint density at radius 1 is 1.00 bits per heavy atom. The molecule has 3 aromatic rings. The summed E-state index contributed by atoms with van der Waals surface area (Å²) in [6, 6.07) is 19.5. The van der Waals surface area contributed by atoms with Gasteiger partial charge in [-0.3, -0.25) is 9.59 Å². The van der Waals surface area contributed by atoms with Gasteiger partial charge in [-0.1, -0.05) is 42.5 Å². The Labute approximate surface area is 174 Å². The summed E-state index contributed by atoms with van der Waals surface area (Å²) >= 11 is 0. The van der Waals surface area contributed by atoms with Crippen LogP contribution in [0.15, 0.2) is 66.7 Å². The second-order valence-corrected chi connectivity index (χ2v) is 7.09. The normalized spacial score (nSPS) is 14.8. The zero-order valence-corrected chi connectivity index (χ0v) is 16.6. The summed E-state index contributed by atoms with van der Waals surface area (Å²) < 4.78 is 6.99. The lowest BCUT2D eigenvalue weighted by atomic mass is 10.0. The van der Waals surface area contributed by atoms with Crippen molar-refractivity contribution in [2.45, 2.75) is 25.8 Å². The number of fused-ring (bicyclic) bond motifs is 1. The van der Waals surface area contributed by atoms with E-state index in [1.807, 2.05) is 28.8 Å². The van der Waals surface area contributed by atoms with E-state index in [1.54, 1.807) is 49.4 Å². The van der Waals surface area contributed by atoms with E-state index in [2.05, 4.69) is 5.32 Å². The number of ketones is 1. The minimum Gasteiger partial charge on any atom is -0.462 e. The Hall–Kier alpha value is -3.67. The van der Waals surface area contributed by atoms with Gasteiger partial charge >= 0.3 is 5.97 Å². The standard InChI is InChI=1S/C24H22N2O4/c1-2-30-24(29)17-10-6-7-11-19(17)25-23(28)18-14-15-26-20(18)12-13-21(26)22(27)16-8-4-3-5-9-16/h3-13,18H,2,14-15H2,1H3,(H,25,28)/t18-/m1/s1. The largest absolute Gasteiger partial charge is 0.462 e. The molecule has 1 aromatic heterocycles. The summed E-state index contributed by atoms with van der Waals surface area (Å²) in [5, 5.41) is 2.86. The molecular formula is C24H22N2O4. The van der Waals surface area contributed by atoms with Crippen molar-refractivity contribution in [2.24, 2.45) is 0 Å². The number of carbonyl (C=O) groups is 3. The molecule has 30 heavy (non-hydrogen) atoms. The number of hydrogen-bond acceptors (Lipinski definition) is 4. The van der Waals surface area contributed by atoms with Crippen molar-refractivity contribution in [3.05, 3.63) is 89.2 Å². The van der Waals surface area contributed by atoms with Gasteiger partial charge in [-0.05, 0) is 37.6 Å². The van der Waals surface area contributed by atoms with Crippen LogP contribution in [0.4, 0.5) is 5.69 Å². The van der Waals surface area contributed by atoms with Crippen LogP contribution >= 0.6 is 0 Å². The van der Waals surface area contributed by atoms with Crippen LogP contribution in [-0.4, -0.2) is 28.8 Å². The van der Waals surface area contributed by atoms with Gasteiger partial charge in [0, 0.05) is 17.8 Å². The van der Waals surface area contributed by atoms with E-state index >= 15 is 0 Å². The van der Waals surface area contributed by atoms with Crippen LogP contribution in [0.1, 0.15) is 51.4 Å². The fourth-order valence-corrected chi connectivity index (χ4v) is 3.84. The first-order valence-electron chi connectivity index (χ1n) is 9.96. The molecule has 2 heterocycles. The first kappa shape index (κ1) is 19.6. The molecule has 0 radical (unpaired) electrons. The second kappa shape index (κ2) is 8.37. The molecule has 0 aliphatic carbocycles. The molecule has 0 unspecified atom stereocenters. The molecule has 1 atom stereocenters. The number of hydrogen-bond donors (Lipinski definition) is 1. The molecule has 152 valence electrons. The molecular weight excluding hydrogens is 380 g/mol. The third-order valence-electron chi connectivity index (χ3n) is 5.28. The number of benzene rings is 2. The molecule has 6 nitrogen and oxygen atoms in total. The Morgan fingerprint density at radius 3 is 2.50 bits per heavy atom. The fourth-order valence-electron chi connectivity index (χ4n) is 3.84. The number of amides is 1. The van der Waals surface area contributed by atoms with E-state index in [4.69, 9.17) is 4.74 Å². The van der Waals surface area contributed by atoms with Crippen LogP contribution in [0.2, 0.25) is 0 Å². The van der Waals surface area contributed by atoms with Crippen molar-refractivity contribution in [1.82, 2.24) is 4.57 Å². The second-order valence-electron chi connectivity index (χ2n) is 7.09. The van der Waals surface area contributed by atoms with Crippen molar-refractivity contribution in [3.63, 3.8) is 0 Å². The molecule has 1 aliphatic heterocycles. The Balaban J connectivity index is 1.55. The van der Waals surface area contributed by atoms with Gasteiger partial charge in [0.05, 0.1) is 29.5 Å². The van der Waals surface area contributed by atoms with Gasteiger partial charge in [-0.25, -0.2) is 4.79 Å². The van der Waals surface area contributed by atoms with Crippen LogP contribution in [0, 0.1) is 0 Å². The lowest BCUT2D eigenvalue weighted by Crippen LogP contribution is -2.21. The van der Waals surface area contributed by atoms with Gasteiger partial charge in [-0.2, -0.15) is 0 Å². The third-order valence-corrected chi connectivity index (χ3v) is 5.28. The topological polar surface area (TPSA) is 77.4 Å². The SMILES string of the molecule is CCOC(=O)c1ccccc1NC(=O)[C@@H]1CCn2c(C(=O)c3ccccc3)ccc21. The minimum atomic E-state index is -0.473. The summed E-state index contributed by atoms with van der Waals surface area (Å²) in [7, 11) is 0. The van der Waals surface area contributed by atoms with Crippen LogP contribution in [-0.2, 0) is 16.1 Å². The molecule has 4 rings (SSSR count). The zero-order chi connectivity index (χ0) is 21.1. The molecule has 0 spiro atoms. The van der Waals surface area contributed by atoms with Crippen LogP contribution in [0.3, 0.4) is 0 Å². The summed E-state index contributed by atoms with van der Waals surface area (Å²) in [5.41, 5.74) is 2.75. The monoisotopic (exact) mass is 402 g/mol. The number of aromatic nitrogens is 1. The molecule has 0 fully saturated rings. The van der Waals surface area contributed by atoms with Gasteiger partial charge in [0.15, 0.2) is 0 Å². The highest BCUT2D eigenvalue weighted by Gasteiger charge is 2.32. The Kier molecular flexibility index (Phi) is 5.48. The number of esters is 1. The minimum absolute atomic E-state index is 0.0597. The highest BCUT2D eigenvalue weighted by Crippen LogP contribution is 2.32. The zero-order valence-electron chi connectivity index (χ0n) is 16.6. The van der Waals surface area contributed by atoms with Crippen molar-refractivity contribution < 1.29 is 19.1 Å². The van der Waals surface area contributed by atoms with Gasteiger partial charge in [0.25, 0.3) is 0 Å². The molecule has 2 aromatic carbocycles. The maximum Gasteiger partial charge on any atom is 0.340 e. The van der Waals surface area contributed by atoms with E-state index in [0.29, 0.717) is 35.5 Å². The highest BCUT2D eigenvalue weighted by atomic mass is 16.5. The van der Waals surface area contributed by atoms with Crippen LogP contribution in [0.5, 0.6) is 0 Å². The van der Waals surface area contributed by atoms with Crippen LogP contribution < -0.4 is 5.32 Å². The van der Waals surface area contributed by atoms with Crippen molar-refractivity contribution in [2.75, 3.05) is 11.9 Å². The molecule has 1 N–H and O–H groups in total. The third kappa shape index (κ3) is 3.64. The van der Waals surface area contributed by atoms with Gasteiger partial charge in [0.2, 0.25) is 11.7 Å². The van der Waals surface area contributed by atoms with E-state index in [9.17, 15) is 14.4 Å². The van der Waals surface area contributed by atoms with E-state index < -0.39 is 11.9 Å². The van der Waals surface area contributed by atoms with Crippen molar-refractivity contribution in [3.8, 4) is 0 Å². The lowest BCUT2D eigenvalue weighted by Gasteiger charge is -2.13. The summed E-state index contributed by atoms with van der Waals surface area (Å²) in [5.74, 6) is -1.13. The first-order valence-corrected chi connectivity index (χ1v) is 9.96. The van der Waals surface area contributed by atoms with Crippen molar-refractivity contribution in [1.29, 1.82) is 0 Å². The molecule has 1 aliphatic rings. The average molecular weight is 402 g/mol. The maximum atomic E-state index is 13.0. The Bertz CT molecular complexity index is 1100. The number of nitrogens with one attached hydrogen (secondary N) is 1. The molecule has 0 saturated carbocycles. The number of para-hydroxylation sites is 1. The number of nitrogens with zero attached hydrogens (tertiary/aromatic N) is 1. The summed E-state index contributed by atoms with van der Waals surface area (Å²) in [6.45, 7) is 2.59. The van der Waals surface area contributed by atoms with E-state index in [1.165, 1.54) is 0 Å².